The summed E-state index contributed by atoms with van der Waals surface area (Å²) in [7, 11) is 0.0168. The molecule has 0 bridgehead atoms. The molecule has 0 spiro atoms. The van der Waals surface area contributed by atoms with Crippen LogP contribution in [0.5, 0.6) is 5.75 Å². The maximum absolute atomic E-state index is 13.0. The van der Waals surface area contributed by atoms with E-state index in [-0.39, 0.29) is 28.1 Å². The maximum atomic E-state index is 13.0. The van der Waals surface area contributed by atoms with Gasteiger partial charge in [0.15, 0.2) is 9.84 Å². The summed E-state index contributed by atoms with van der Waals surface area (Å²) in [5, 5.41) is 13.1. The molecule has 0 aliphatic carbocycles. The van der Waals surface area contributed by atoms with Crippen LogP contribution >= 0.6 is 0 Å². The Kier molecular flexibility index (Phi) is 6.63. The number of sulfone groups is 1. The first kappa shape index (κ1) is 23.8. The molecule has 4 rings (SSSR count). The Hall–Kier alpha value is -3.36. The number of carbonyl (C=O) groups is 1. The molecule has 1 unspecified atom stereocenters. The Morgan fingerprint density at radius 1 is 1.06 bits per heavy atom. The van der Waals surface area contributed by atoms with Crippen molar-refractivity contribution in [1.29, 1.82) is 0 Å². The molecule has 1 aliphatic rings. The molecule has 1 atom stereocenters. The Balaban J connectivity index is 1.46. The molecule has 2 N–H and O–H groups in total. The summed E-state index contributed by atoms with van der Waals surface area (Å²) < 4.78 is 26.0. The lowest BCUT2D eigenvalue weighted by atomic mass is 10.1. The van der Waals surface area contributed by atoms with Gasteiger partial charge in [-0.2, -0.15) is 0 Å². The van der Waals surface area contributed by atoms with Crippen molar-refractivity contribution in [1.82, 2.24) is 9.80 Å². The second-order valence-corrected chi connectivity index (χ2v) is 10.8. The molecule has 1 aliphatic heterocycles. The summed E-state index contributed by atoms with van der Waals surface area (Å²) in [6, 6.07) is 18.8. The van der Waals surface area contributed by atoms with Crippen LogP contribution in [-0.2, 0) is 28.7 Å². The number of benzene rings is 3. The van der Waals surface area contributed by atoms with E-state index in [0.717, 1.165) is 24.2 Å². The van der Waals surface area contributed by atoms with Crippen molar-refractivity contribution < 1.29 is 18.3 Å². The Labute approximate surface area is 200 Å². The fraction of sp³-hybridized carbons (Fsp3) is 0.269. The molecule has 0 aromatic heterocycles. The van der Waals surface area contributed by atoms with Crippen LogP contribution in [0.25, 0.3) is 0 Å². The van der Waals surface area contributed by atoms with Gasteiger partial charge >= 0.3 is 6.03 Å². The van der Waals surface area contributed by atoms with Gasteiger partial charge in [0.05, 0.1) is 22.4 Å². The molecule has 7 nitrogen and oxygen atoms in total. The molecular weight excluding hydrogens is 450 g/mol. The van der Waals surface area contributed by atoms with Crippen LogP contribution in [-0.4, -0.2) is 43.5 Å². The van der Waals surface area contributed by atoms with E-state index in [4.69, 9.17) is 0 Å². The highest BCUT2D eigenvalue weighted by Gasteiger charge is 2.22. The van der Waals surface area contributed by atoms with E-state index in [2.05, 4.69) is 10.2 Å². The minimum absolute atomic E-state index is 0.00613. The van der Waals surface area contributed by atoms with E-state index < -0.39 is 15.9 Å². The lowest BCUT2D eigenvalue weighted by molar-refractivity contribution is 0.208. The highest BCUT2D eigenvalue weighted by molar-refractivity contribution is 7.90. The van der Waals surface area contributed by atoms with Gasteiger partial charge < -0.3 is 15.3 Å². The van der Waals surface area contributed by atoms with Crippen LogP contribution in [0.15, 0.2) is 71.6 Å². The minimum Gasteiger partial charge on any atom is -0.506 e. The van der Waals surface area contributed by atoms with Gasteiger partial charge in [0, 0.05) is 26.2 Å². The van der Waals surface area contributed by atoms with Gasteiger partial charge in [0.25, 0.3) is 0 Å². The molecule has 3 aromatic rings. The van der Waals surface area contributed by atoms with Crippen LogP contribution < -0.4 is 5.32 Å². The fourth-order valence-corrected chi connectivity index (χ4v) is 5.51. The Morgan fingerprint density at radius 3 is 2.47 bits per heavy atom. The average Bonchev–Trinajstić information content (AvgIpc) is 3.18. The topological polar surface area (TPSA) is 90.0 Å². The quantitative estimate of drug-likeness (QED) is 0.507. The molecule has 1 heterocycles. The molecule has 0 saturated carbocycles. The molecule has 0 saturated heterocycles. The summed E-state index contributed by atoms with van der Waals surface area (Å²) >= 11 is 0. The molecule has 3 aromatic carbocycles. The Bertz CT molecular complexity index is 1310. The van der Waals surface area contributed by atoms with Crippen molar-refractivity contribution in [2.75, 3.05) is 19.4 Å². The van der Waals surface area contributed by atoms with E-state index in [1.54, 1.807) is 7.05 Å². The van der Waals surface area contributed by atoms with Crippen molar-refractivity contribution in [2.24, 2.45) is 0 Å². The number of amides is 2. The summed E-state index contributed by atoms with van der Waals surface area (Å²) in [5.74, 6) is -0.460. The number of hydrogen-bond acceptors (Lipinski definition) is 5. The van der Waals surface area contributed by atoms with E-state index in [1.807, 2.05) is 62.5 Å². The number of hydrogen-bond donors (Lipinski definition) is 2. The van der Waals surface area contributed by atoms with E-state index in [0.29, 0.717) is 5.56 Å². The zero-order valence-corrected chi connectivity index (χ0v) is 20.3. The van der Waals surface area contributed by atoms with Crippen LogP contribution in [0.3, 0.4) is 0 Å². The van der Waals surface area contributed by atoms with Crippen molar-refractivity contribution in [3.63, 3.8) is 0 Å². The summed E-state index contributed by atoms with van der Waals surface area (Å²) in [5.41, 5.74) is 4.20. The van der Waals surface area contributed by atoms with Crippen LogP contribution in [0, 0.1) is 0 Å². The predicted molar refractivity (Wildman–Crippen MR) is 132 cm³/mol. The predicted octanol–water partition coefficient (Wildman–Crippen LogP) is 4.54. The molecule has 0 fully saturated rings. The highest BCUT2D eigenvalue weighted by Crippen LogP contribution is 2.30. The van der Waals surface area contributed by atoms with Gasteiger partial charge in [-0.3, -0.25) is 4.90 Å². The SMILES string of the molecule is CC(c1ccccc1)N(C)C(=O)Nc1ccc(S(=O)(=O)Cc2ccc3c(c2)CN(C)C3)cc1O. The van der Waals surface area contributed by atoms with Crippen molar-refractivity contribution in [2.45, 2.75) is 36.7 Å². The highest BCUT2D eigenvalue weighted by atomic mass is 32.2. The first-order valence-corrected chi connectivity index (χ1v) is 12.7. The molecule has 34 heavy (non-hydrogen) atoms. The molecular formula is C26H29N3O4S. The number of rotatable bonds is 6. The lowest BCUT2D eigenvalue weighted by Gasteiger charge is -2.25. The van der Waals surface area contributed by atoms with Gasteiger partial charge in [-0.15, -0.1) is 0 Å². The number of anilines is 1. The van der Waals surface area contributed by atoms with E-state index >= 15 is 0 Å². The zero-order chi connectivity index (χ0) is 24.5. The number of phenolic OH excluding ortho intramolecular Hbond substituents is 1. The summed E-state index contributed by atoms with van der Waals surface area (Å²) in [6.07, 6.45) is 0. The van der Waals surface area contributed by atoms with Crippen LogP contribution in [0.1, 0.15) is 35.2 Å². The maximum Gasteiger partial charge on any atom is 0.322 e. The van der Waals surface area contributed by atoms with Gasteiger partial charge in [-0.25, -0.2) is 13.2 Å². The number of fused-ring (bicyclic) bond motifs is 1. The number of nitrogens with zero attached hydrogens (tertiary/aromatic N) is 2. The normalized spacial score (nSPS) is 14.4. The number of urea groups is 1. The zero-order valence-electron chi connectivity index (χ0n) is 19.5. The average molecular weight is 480 g/mol. The smallest absolute Gasteiger partial charge is 0.322 e. The third kappa shape index (κ3) is 5.08. The van der Waals surface area contributed by atoms with E-state index in [9.17, 15) is 18.3 Å². The van der Waals surface area contributed by atoms with Crippen molar-refractivity contribution >= 4 is 21.6 Å². The molecule has 2 amide bonds. The first-order valence-electron chi connectivity index (χ1n) is 11.1. The third-order valence-corrected chi connectivity index (χ3v) is 7.95. The summed E-state index contributed by atoms with van der Waals surface area (Å²) in [4.78, 5) is 16.4. The number of nitrogens with one attached hydrogen (secondary N) is 1. The number of aromatic hydroxyl groups is 1. The van der Waals surface area contributed by atoms with Gasteiger partial charge in [0.1, 0.15) is 5.75 Å². The second-order valence-electron chi connectivity index (χ2n) is 8.84. The summed E-state index contributed by atoms with van der Waals surface area (Å²) in [6.45, 7) is 3.57. The standard InChI is InChI=1S/C26H29N3O4S/c1-18(20-7-5-4-6-8-20)29(3)26(31)27-24-12-11-23(14-25(24)30)34(32,33)17-19-9-10-21-15-28(2)16-22(21)13-19/h4-14,18,30H,15-17H2,1-3H3,(H,27,31). The third-order valence-electron chi connectivity index (χ3n) is 6.26. The van der Waals surface area contributed by atoms with Gasteiger partial charge in [-0.1, -0.05) is 48.5 Å². The number of carbonyl (C=O) groups excluding carboxylic acids is 1. The monoisotopic (exact) mass is 479 g/mol. The molecule has 0 radical (unpaired) electrons. The van der Waals surface area contributed by atoms with Crippen LogP contribution in [0.4, 0.5) is 10.5 Å². The van der Waals surface area contributed by atoms with Crippen LogP contribution in [0.2, 0.25) is 0 Å². The molecule has 178 valence electrons. The largest absolute Gasteiger partial charge is 0.506 e. The van der Waals surface area contributed by atoms with Gasteiger partial charge in [-0.05, 0) is 48.4 Å². The minimum atomic E-state index is -3.67. The fourth-order valence-electron chi connectivity index (χ4n) is 4.16. The van der Waals surface area contributed by atoms with E-state index in [1.165, 1.54) is 28.7 Å². The molecule has 8 heteroatoms. The lowest BCUT2D eigenvalue weighted by Crippen LogP contribution is -2.33. The Morgan fingerprint density at radius 2 is 1.76 bits per heavy atom. The van der Waals surface area contributed by atoms with Crippen molar-refractivity contribution in [3.05, 3.63) is 89.0 Å². The first-order chi connectivity index (χ1) is 16.1. The second kappa shape index (κ2) is 9.48. The number of phenols is 1. The van der Waals surface area contributed by atoms with Crippen molar-refractivity contribution in [3.8, 4) is 5.75 Å². The van der Waals surface area contributed by atoms with Gasteiger partial charge in [0.2, 0.25) is 0 Å².